The van der Waals surface area contributed by atoms with Crippen LogP contribution < -0.4 is 0 Å². The lowest BCUT2D eigenvalue weighted by Crippen LogP contribution is -2.28. The summed E-state index contributed by atoms with van der Waals surface area (Å²) >= 11 is 1.73. The number of H-pyrrole nitrogens is 1. The lowest BCUT2D eigenvalue weighted by Gasteiger charge is -2.27. The van der Waals surface area contributed by atoms with Gasteiger partial charge in [-0.15, -0.1) is 11.3 Å². The molecule has 4 rings (SSSR count). The third kappa shape index (κ3) is 3.33. The van der Waals surface area contributed by atoms with Crippen molar-refractivity contribution >= 4 is 27.5 Å². The summed E-state index contributed by atoms with van der Waals surface area (Å²) in [5.74, 6) is -1.01. The molecule has 0 aromatic carbocycles. The number of fused-ring (bicyclic) bond motifs is 3. The number of aromatic nitrogens is 3. The number of hydrogen-bond acceptors (Lipinski definition) is 5. The smallest absolute Gasteiger partial charge is 0.337 e. The molecule has 1 aliphatic rings. The Morgan fingerprint density at radius 3 is 2.71 bits per heavy atom. The minimum atomic E-state index is -1.11. The lowest BCUT2D eigenvalue weighted by molar-refractivity contribution is -0.160. The Kier molecular flexibility index (Phi) is 4.75. The number of hydrogen-bond donors (Lipinski definition) is 2. The highest BCUT2D eigenvalue weighted by atomic mass is 32.1. The van der Waals surface area contributed by atoms with E-state index in [4.69, 9.17) is 9.72 Å². The molecule has 3 aromatic heterocycles. The van der Waals surface area contributed by atoms with Crippen molar-refractivity contribution in [3.05, 3.63) is 34.0 Å². The van der Waals surface area contributed by atoms with Crippen LogP contribution in [0.1, 0.15) is 61.4 Å². The number of thiophene rings is 1. The molecule has 1 aliphatic carbocycles. The number of pyridine rings is 1. The second-order valence-corrected chi connectivity index (χ2v) is 9.37. The van der Waals surface area contributed by atoms with Gasteiger partial charge < -0.3 is 9.84 Å². The van der Waals surface area contributed by atoms with Gasteiger partial charge in [0.2, 0.25) is 0 Å². The molecule has 7 heteroatoms. The Balaban J connectivity index is 2.06. The summed E-state index contributed by atoms with van der Waals surface area (Å²) < 4.78 is 6.00. The summed E-state index contributed by atoms with van der Waals surface area (Å²) in [5.41, 5.74) is 3.56. The van der Waals surface area contributed by atoms with Crippen LogP contribution in [-0.2, 0) is 22.4 Å². The molecular weight excluding hydrogens is 374 g/mol. The fraction of sp³-hybridized carbons (Fsp3) is 0.476. The Morgan fingerprint density at radius 2 is 2.07 bits per heavy atom. The van der Waals surface area contributed by atoms with E-state index in [-0.39, 0.29) is 0 Å². The predicted molar refractivity (Wildman–Crippen MR) is 110 cm³/mol. The molecule has 0 spiro atoms. The summed E-state index contributed by atoms with van der Waals surface area (Å²) in [6, 6.07) is 1.89. The van der Waals surface area contributed by atoms with Gasteiger partial charge in [0.25, 0.3) is 0 Å². The predicted octanol–water partition coefficient (Wildman–Crippen LogP) is 4.81. The standard InChI is InChI=1S/C21H25N3O3S/c1-11-15(18(20(25)26)27-21(2,3)4)17(13-9-10-22-24-13)16-12-7-5-6-8-14(12)28-19(16)23-11/h9-10,18H,5-8H2,1-4H3,(H,22,24)(H,25,26). The minimum absolute atomic E-state index is 0.605. The highest BCUT2D eigenvalue weighted by Crippen LogP contribution is 2.45. The van der Waals surface area contributed by atoms with Gasteiger partial charge in [-0.1, -0.05) is 0 Å². The van der Waals surface area contributed by atoms with Crippen molar-refractivity contribution in [3.63, 3.8) is 0 Å². The van der Waals surface area contributed by atoms with Crippen molar-refractivity contribution in [2.45, 2.75) is 65.1 Å². The van der Waals surface area contributed by atoms with E-state index in [0.29, 0.717) is 11.3 Å². The molecular formula is C21H25N3O3S. The Bertz CT molecular complexity index is 1030. The molecule has 0 aliphatic heterocycles. The molecule has 1 atom stereocenters. The van der Waals surface area contributed by atoms with Crippen molar-refractivity contribution in [3.8, 4) is 11.3 Å². The number of carbonyl (C=O) groups is 1. The van der Waals surface area contributed by atoms with Crippen LogP contribution in [0.15, 0.2) is 12.3 Å². The molecule has 6 nitrogen and oxygen atoms in total. The maximum absolute atomic E-state index is 12.2. The van der Waals surface area contributed by atoms with Gasteiger partial charge in [0.15, 0.2) is 6.10 Å². The average molecular weight is 400 g/mol. The van der Waals surface area contributed by atoms with Gasteiger partial charge in [-0.05, 0) is 65.0 Å². The molecule has 1 unspecified atom stereocenters. The van der Waals surface area contributed by atoms with Crippen LogP contribution in [0, 0.1) is 6.92 Å². The van der Waals surface area contributed by atoms with E-state index in [2.05, 4.69) is 10.2 Å². The number of aliphatic carboxylic acids is 1. The summed E-state index contributed by atoms with van der Waals surface area (Å²) in [5, 5.41) is 18.4. The van der Waals surface area contributed by atoms with Crippen LogP contribution in [0.25, 0.3) is 21.5 Å². The maximum atomic E-state index is 12.2. The van der Waals surface area contributed by atoms with Gasteiger partial charge in [0.1, 0.15) is 4.83 Å². The minimum Gasteiger partial charge on any atom is -0.479 e. The van der Waals surface area contributed by atoms with Crippen molar-refractivity contribution in [2.75, 3.05) is 0 Å². The fourth-order valence-corrected chi connectivity index (χ4v) is 5.31. The molecule has 148 valence electrons. The van der Waals surface area contributed by atoms with E-state index < -0.39 is 17.7 Å². The van der Waals surface area contributed by atoms with Crippen LogP contribution in [0.3, 0.4) is 0 Å². The highest BCUT2D eigenvalue weighted by Gasteiger charge is 2.34. The monoisotopic (exact) mass is 399 g/mol. The van der Waals surface area contributed by atoms with E-state index in [1.807, 2.05) is 33.8 Å². The number of carboxylic acid groups (broad SMARTS) is 1. The SMILES string of the molecule is Cc1nc2sc3c(c2c(-c2cc[nH]n2)c1C(OC(C)(C)C)C(=O)O)CCCC3. The van der Waals surface area contributed by atoms with Gasteiger partial charge in [-0.25, -0.2) is 9.78 Å². The zero-order valence-electron chi connectivity index (χ0n) is 16.6. The van der Waals surface area contributed by atoms with E-state index in [1.165, 1.54) is 16.9 Å². The van der Waals surface area contributed by atoms with Crippen LogP contribution in [-0.4, -0.2) is 31.9 Å². The Hall–Kier alpha value is -2.25. The van der Waals surface area contributed by atoms with Gasteiger partial charge in [0, 0.05) is 33.3 Å². The zero-order chi connectivity index (χ0) is 20.1. The van der Waals surface area contributed by atoms with E-state index in [1.54, 1.807) is 17.5 Å². The zero-order valence-corrected chi connectivity index (χ0v) is 17.4. The molecule has 2 N–H and O–H groups in total. The topological polar surface area (TPSA) is 88.1 Å². The number of ether oxygens (including phenoxy) is 1. The third-order valence-electron chi connectivity index (χ3n) is 5.05. The second-order valence-electron chi connectivity index (χ2n) is 8.28. The first-order valence-electron chi connectivity index (χ1n) is 9.62. The molecule has 0 radical (unpaired) electrons. The van der Waals surface area contributed by atoms with E-state index in [0.717, 1.165) is 40.7 Å². The van der Waals surface area contributed by atoms with Gasteiger partial charge in [-0.3, -0.25) is 5.10 Å². The summed E-state index contributed by atoms with van der Waals surface area (Å²) in [4.78, 5) is 19.4. The first-order valence-corrected chi connectivity index (χ1v) is 10.4. The van der Waals surface area contributed by atoms with Gasteiger partial charge >= 0.3 is 5.97 Å². The normalized spacial score (nSPS) is 15.6. The number of nitrogens with one attached hydrogen (secondary N) is 1. The van der Waals surface area contributed by atoms with Crippen molar-refractivity contribution in [1.29, 1.82) is 0 Å². The lowest BCUT2D eigenvalue weighted by atomic mass is 9.90. The molecule has 3 heterocycles. The van der Waals surface area contributed by atoms with Crippen LogP contribution >= 0.6 is 11.3 Å². The number of carboxylic acids is 1. The van der Waals surface area contributed by atoms with Gasteiger partial charge in [0.05, 0.1) is 11.3 Å². The first kappa shape index (κ1) is 19.1. The average Bonchev–Trinajstić information content (AvgIpc) is 3.25. The molecule has 0 fully saturated rings. The summed E-state index contributed by atoms with van der Waals surface area (Å²) in [6.45, 7) is 7.46. The molecule has 3 aromatic rings. The summed E-state index contributed by atoms with van der Waals surface area (Å²) in [7, 11) is 0. The van der Waals surface area contributed by atoms with Crippen molar-refractivity contribution in [2.24, 2.45) is 0 Å². The molecule has 0 amide bonds. The van der Waals surface area contributed by atoms with E-state index >= 15 is 0 Å². The number of aryl methyl sites for hydroxylation is 3. The molecule has 28 heavy (non-hydrogen) atoms. The van der Waals surface area contributed by atoms with Gasteiger partial charge in [-0.2, -0.15) is 5.10 Å². The molecule has 0 saturated heterocycles. The summed E-state index contributed by atoms with van der Waals surface area (Å²) in [6.07, 6.45) is 5.04. The van der Waals surface area contributed by atoms with Crippen molar-refractivity contribution < 1.29 is 14.6 Å². The maximum Gasteiger partial charge on any atom is 0.337 e. The first-order chi connectivity index (χ1) is 13.3. The quantitative estimate of drug-likeness (QED) is 0.657. The molecule has 0 bridgehead atoms. The van der Waals surface area contributed by atoms with Crippen LogP contribution in [0.2, 0.25) is 0 Å². The molecule has 0 saturated carbocycles. The van der Waals surface area contributed by atoms with Crippen LogP contribution in [0.5, 0.6) is 0 Å². The number of aromatic amines is 1. The Labute approximate surface area is 168 Å². The van der Waals surface area contributed by atoms with E-state index in [9.17, 15) is 9.90 Å². The van der Waals surface area contributed by atoms with Crippen molar-refractivity contribution in [1.82, 2.24) is 15.2 Å². The highest BCUT2D eigenvalue weighted by molar-refractivity contribution is 7.19. The number of rotatable bonds is 4. The second kappa shape index (κ2) is 6.97. The fourth-order valence-electron chi connectivity index (χ4n) is 3.99. The Morgan fingerprint density at radius 1 is 1.32 bits per heavy atom. The largest absolute Gasteiger partial charge is 0.479 e. The van der Waals surface area contributed by atoms with Crippen LogP contribution in [0.4, 0.5) is 0 Å². The third-order valence-corrected chi connectivity index (χ3v) is 6.23. The number of nitrogens with zero attached hydrogens (tertiary/aromatic N) is 2.